The molecular formula is C15H20N6O. The summed E-state index contributed by atoms with van der Waals surface area (Å²) in [5.41, 5.74) is 1.59. The van der Waals surface area contributed by atoms with Crippen LogP contribution in [0, 0.1) is 5.92 Å². The Morgan fingerprint density at radius 1 is 1.23 bits per heavy atom. The quantitative estimate of drug-likeness (QED) is 0.911. The van der Waals surface area contributed by atoms with E-state index >= 15 is 0 Å². The molecule has 1 aromatic heterocycles. The van der Waals surface area contributed by atoms with Gasteiger partial charge in [0.15, 0.2) is 0 Å². The van der Waals surface area contributed by atoms with E-state index in [4.69, 9.17) is 0 Å². The topological polar surface area (TPSA) is 84.7 Å². The molecule has 0 radical (unpaired) electrons. The van der Waals surface area contributed by atoms with Gasteiger partial charge in [0, 0.05) is 11.7 Å². The lowest BCUT2D eigenvalue weighted by Crippen LogP contribution is -2.43. The van der Waals surface area contributed by atoms with Crippen molar-refractivity contribution in [3.63, 3.8) is 0 Å². The highest BCUT2D eigenvalue weighted by atomic mass is 16.2. The van der Waals surface area contributed by atoms with Crippen molar-refractivity contribution in [1.82, 2.24) is 25.5 Å². The Morgan fingerprint density at radius 3 is 2.68 bits per heavy atom. The summed E-state index contributed by atoms with van der Waals surface area (Å²) in [5, 5.41) is 16.9. The van der Waals surface area contributed by atoms with Gasteiger partial charge in [0.25, 0.3) is 0 Å². The normalized spacial score (nSPS) is 21.3. The van der Waals surface area contributed by atoms with Gasteiger partial charge in [0.05, 0.1) is 5.69 Å². The van der Waals surface area contributed by atoms with E-state index in [0.717, 1.165) is 17.8 Å². The van der Waals surface area contributed by atoms with E-state index in [1.807, 2.05) is 24.3 Å². The summed E-state index contributed by atoms with van der Waals surface area (Å²) >= 11 is 0. The number of carbonyl (C=O) groups excluding carboxylic acids is 1. The molecule has 1 aliphatic carbocycles. The van der Waals surface area contributed by atoms with Gasteiger partial charge in [-0.2, -0.15) is 0 Å². The summed E-state index contributed by atoms with van der Waals surface area (Å²) in [6.45, 7) is 2.20. The van der Waals surface area contributed by atoms with Gasteiger partial charge in [-0.1, -0.05) is 19.8 Å². The SMILES string of the molecule is C[C@H]1CCCC[C@H]1NC(=O)Nc1ccc(-n2cnnn2)cc1. The number of benzene rings is 1. The van der Waals surface area contributed by atoms with Crippen molar-refractivity contribution in [3.05, 3.63) is 30.6 Å². The van der Waals surface area contributed by atoms with E-state index in [2.05, 4.69) is 33.1 Å². The molecule has 1 fully saturated rings. The molecule has 1 aromatic carbocycles. The molecule has 1 aliphatic rings. The zero-order chi connectivity index (χ0) is 15.4. The molecule has 0 spiro atoms. The van der Waals surface area contributed by atoms with Crippen molar-refractivity contribution in [2.24, 2.45) is 5.92 Å². The number of hydrogen-bond acceptors (Lipinski definition) is 4. The predicted molar refractivity (Wildman–Crippen MR) is 82.7 cm³/mol. The number of tetrazole rings is 1. The van der Waals surface area contributed by atoms with E-state index in [1.165, 1.54) is 25.6 Å². The van der Waals surface area contributed by atoms with Gasteiger partial charge in [0.1, 0.15) is 6.33 Å². The maximum absolute atomic E-state index is 12.1. The predicted octanol–water partition coefficient (Wildman–Crippen LogP) is 2.36. The Balaban J connectivity index is 1.57. The van der Waals surface area contributed by atoms with Gasteiger partial charge in [-0.15, -0.1) is 5.10 Å². The molecule has 22 heavy (non-hydrogen) atoms. The van der Waals surface area contributed by atoms with Crippen molar-refractivity contribution in [3.8, 4) is 5.69 Å². The first-order valence-corrected chi connectivity index (χ1v) is 7.63. The van der Waals surface area contributed by atoms with E-state index in [1.54, 1.807) is 4.68 Å². The summed E-state index contributed by atoms with van der Waals surface area (Å²) in [6, 6.07) is 7.51. The number of anilines is 1. The van der Waals surface area contributed by atoms with Gasteiger partial charge < -0.3 is 10.6 Å². The fraction of sp³-hybridized carbons (Fsp3) is 0.467. The molecule has 7 nitrogen and oxygen atoms in total. The third-order valence-corrected chi connectivity index (χ3v) is 4.17. The summed E-state index contributed by atoms with van der Waals surface area (Å²) in [5.74, 6) is 0.543. The van der Waals surface area contributed by atoms with Crippen molar-refractivity contribution < 1.29 is 4.79 Å². The Bertz CT molecular complexity index is 609. The first kappa shape index (κ1) is 14.5. The van der Waals surface area contributed by atoms with Crippen LogP contribution in [-0.4, -0.2) is 32.3 Å². The smallest absolute Gasteiger partial charge is 0.319 e. The lowest BCUT2D eigenvalue weighted by molar-refractivity contribution is 0.232. The lowest BCUT2D eigenvalue weighted by atomic mass is 9.86. The Kier molecular flexibility index (Phi) is 4.32. The van der Waals surface area contributed by atoms with Gasteiger partial charge in [-0.05, 0) is 53.5 Å². The standard InChI is InChI=1S/C15H20N6O/c1-11-4-2-3-5-14(11)18-15(22)17-12-6-8-13(9-7-12)21-10-16-19-20-21/h6-11,14H,2-5H2,1H3,(H2,17,18,22)/t11-,14+/m0/s1. The molecule has 2 atom stereocenters. The molecule has 0 saturated heterocycles. The van der Waals surface area contributed by atoms with Crippen LogP contribution < -0.4 is 10.6 Å². The number of amides is 2. The molecule has 2 amide bonds. The minimum Gasteiger partial charge on any atom is -0.335 e. The number of urea groups is 1. The first-order valence-electron chi connectivity index (χ1n) is 7.63. The summed E-state index contributed by atoms with van der Waals surface area (Å²) in [7, 11) is 0. The number of nitrogens with one attached hydrogen (secondary N) is 2. The fourth-order valence-corrected chi connectivity index (χ4v) is 2.84. The van der Waals surface area contributed by atoms with Gasteiger partial charge in [-0.25, -0.2) is 9.48 Å². The summed E-state index contributed by atoms with van der Waals surface area (Å²) < 4.78 is 1.56. The first-order chi connectivity index (χ1) is 10.7. The Labute approximate surface area is 129 Å². The molecule has 7 heteroatoms. The Hall–Kier alpha value is -2.44. The number of aromatic nitrogens is 4. The maximum atomic E-state index is 12.1. The van der Waals surface area contributed by atoms with Crippen LogP contribution in [0.3, 0.4) is 0 Å². The molecule has 0 aliphatic heterocycles. The van der Waals surface area contributed by atoms with E-state index in [9.17, 15) is 4.79 Å². The minimum absolute atomic E-state index is 0.145. The second-order valence-electron chi connectivity index (χ2n) is 5.77. The largest absolute Gasteiger partial charge is 0.335 e. The maximum Gasteiger partial charge on any atom is 0.319 e. The summed E-state index contributed by atoms with van der Waals surface area (Å²) in [4.78, 5) is 12.1. The van der Waals surface area contributed by atoms with E-state index < -0.39 is 0 Å². The molecular weight excluding hydrogens is 280 g/mol. The molecule has 3 rings (SSSR count). The average molecular weight is 300 g/mol. The van der Waals surface area contributed by atoms with Crippen LogP contribution in [0.1, 0.15) is 32.6 Å². The number of rotatable bonds is 3. The van der Waals surface area contributed by atoms with Crippen molar-refractivity contribution >= 4 is 11.7 Å². The molecule has 0 bridgehead atoms. The van der Waals surface area contributed by atoms with Gasteiger partial charge in [-0.3, -0.25) is 0 Å². The summed E-state index contributed by atoms with van der Waals surface area (Å²) in [6.07, 6.45) is 6.23. The van der Waals surface area contributed by atoms with Crippen LogP contribution in [0.2, 0.25) is 0 Å². The zero-order valence-corrected chi connectivity index (χ0v) is 12.6. The van der Waals surface area contributed by atoms with Crippen LogP contribution in [0.15, 0.2) is 30.6 Å². The number of hydrogen-bond donors (Lipinski definition) is 2. The van der Waals surface area contributed by atoms with Crippen LogP contribution >= 0.6 is 0 Å². The van der Waals surface area contributed by atoms with Crippen LogP contribution in [-0.2, 0) is 0 Å². The zero-order valence-electron chi connectivity index (χ0n) is 12.6. The second-order valence-corrected chi connectivity index (χ2v) is 5.77. The highest BCUT2D eigenvalue weighted by Crippen LogP contribution is 2.23. The van der Waals surface area contributed by atoms with Crippen LogP contribution in [0.5, 0.6) is 0 Å². The van der Waals surface area contributed by atoms with Crippen molar-refractivity contribution in [1.29, 1.82) is 0 Å². The highest BCUT2D eigenvalue weighted by molar-refractivity contribution is 5.89. The second kappa shape index (κ2) is 6.55. The third-order valence-electron chi connectivity index (χ3n) is 4.17. The van der Waals surface area contributed by atoms with Crippen LogP contribution in [0.25, 0.3) is 5.69 Å². The van der Waals surface area contributed by atoms with E-state index in [0.29, 0.717) is 5.92 Å². The average Bonchev–Trinajstić information content (AvgIpc) is 3.05. The van der Waals surface area contributed by atoms with Gasteiger partial charge >= 0.3 is 6.03 Å². The lowest BCUT2D eigenvalue weighted by Gasteiger charge is -2.29. The monoisotopic (exact) mass is 300 g/mol. The molecule has 1 heterocycles. The minimum atomic E-state index is -0.145. The number of nitrogens with zero attached hydrogens (tertiary/aromatic N) is 4. The van der Waals surface area contributed by atoms with Crippen molar-refractivity contribution in [2.75, 3.05) is 5.32 Å². The third kappa shape index (κ3) is 3.41. The van der Waals surface area contributed by atoms with Gasteiger partial charge in [0.2, 0.25) is 0 Å². The molecule has 116 valence electrons. The number of carbonyl (C=O) groups is 1. The van der Waals surface area contributed by atoms with E-state index in [-0.39, 0.29) is 12.1 Å². The van der Waals surface area contributed by atoms with Crippen molar-refractivity contribution in [2.45, 2.75) is 38.6 Å². The van der Waals surface area contributed by atoms with Crippen LogP contribution in [0.4, 0.5) is 10.5 Å². The molecule has 2 N–H and O–H groups in total. The highest BCUT2D eigenvalue weighted by Gasteiger charge is 2.22. The molecule has 2 aromatic rings. The molecule has 0 unspecified atom stereocenters. The Morgan fingerprint density at radius 2 is 2.00 bits per heavy atom. The molecule has 1 saturated carbocycles. The fourth-order valence-electron chi connectivity index (χ4n) is 2.84.